The quantitative estimate of drug-likeness (QED) is 0.233. The highest BCUT2D eigenvalue weighted by molar-refractivity contribution is 5.66. The van der Waals surface area contributed by atoms with Crippen molar-refractivity contribution in [2.45, 2.75) is 116 Å². The fraction of sp³-hybridized carbons (Fsp3) is 0.741. The van der Waals surface area contributed by atoms with E-state index in [0.717, 1.165) is 25.7 Å². The fourth-order valence-electron chi connectivity index (χ4n) is 4.37. The molecule has 1 aromatic carbocycles. The minimum absolute atomic E-state index is 0.292. The molecule has 0 fully saturated rings. The first-order chi connectivity index (χ1) is 14.6. The summed E-state index contributed by atoms with van der Waals surface area (Å²) >= 11 is 0. The van der Waals surface area contributed by atoms with Crippen LogP contribution in [0.1, 0.15) is 120 Å². The Morgan fingerprint density at radius 1 is 0.833 bits per heavy atom. The van der Waals surface area contributed by atoms with Crippen LogP contribution >= 0.6 is 0 Å². The van der Waals surface area contributed by atoms with Gasteiger partial charge in [0.25, 0.3) is 0 Å². The van der Waals surface area contributed by atoms with Gasteiger partial charge in [0.2, 0.25) is 0 Å². The maximum absolute atomic E-state index is 10.7. The molecule has 0 heterocycles. The number of aliphatic carboxylic acids is 1. The molecule has 1 unspecified atom stereocenters. The zero-order chi connectivity index (χ0) is 22.0. The Balaban J connectivity index is 2.36. The molecule has 0 spiro atoms. The molecule has 0 radical (unpaired) electrons. The minimum atomic E-state index is -0.681. The average molecular weight is 418 g/mol. The highest BCUT2D eigenvalue weighted by Crippen LogP contribution is 2.29. The highest BCUT2D eigenvalue weighted by Gasteiger charge is 2.16. The Bertz CT molecular complexity index is 556. The van der Waals surface area contributed by atoms with E-state index >= 15 is 0 Å². The molecule has 0 saturated carbocycles. The topological polar surface area (TPSA) is 40.5 Å². The monoisotopic (exact) mass is 417 g/mol. The third-order valence-corrected chi connectivity index (χ3v) is 6.21. The molecule has 3 nitrogen and oxygen atoms in total. The van der Waals surface area contributed by atoms with Crippen LogP contribution in [0.4, 0.5) is 0 Å². The predicted molar refractivity (Wildman–Crippen MR) is 129 cm³/mol. The van der Waals surface area contributed by atoms with Crippen molar-refractivity contribution in [3.05, 3.63) is 35.4 Å². The molecule has 172 valence electrons. The van der Waals surface area contributed by atoms with E-state index in [0.29, 0.717) is 12.5 Å². The van der Waals surface area contributed by atoms with Gasteiger partial charge < -0.3 is 10.0 Å². The molecule has 0 saturated heterocycles. The molecule has 0 aromatic heterocycles. The normalized spacial score (nSPS) is 12.4. The summed E-state index contributed by atoms with van der Waals surface area (Å²) in [6.45, 7) is 2.28. The van der Waals surface area contributed by atoms with Crippen molar-refractivity contribution in [1.82, 2.24) is 4.90 Å². The SMILES string of the molecule is CCCCCCCCCCCCC(c1ccccc1CCCCCC(=O)O)N(C)C. The second-order valence-corrected chi connectivity index (χ2v) is 9.10. The van der Waals surface area contributed by atoms with Crippen LogP contribution in [0.5, 0.6) is 0 Å². The lowest BCUT2D eigenvalue weighted by Crippen LogP contribution is -2.21. The third kappa shape index (κ3) is 12.4. The number of hydrogen-bond donors (Lipinski definition) is 1. The first-order valence-corrected chi connectivity index (χ1v) is 12.5. The fourth-order valence-corrected chi connectivity index (χ4v) is 4.37. The van der Waals surface area contributed by atoms with Crippen LogP contribution in [-0.4, -0.2) is 30.1 Å². The van der Waals surface area contributed by atoms with E-state index in [9.17, 15) is 4.79 Å². The van der Waals surface area contributed by atoms with E-state index < -0.39 is 5.97 Å². The molecule has 1 atom stereocenters. The number of carboxylic acids is 1. The van der Waals surface area contributed by atoms with Gasteiger partial charge in [-0.2, -0.15) is 0 Å². The van der Waals surface area contributed by atoms with Gasteiger partial charge in [0, 0.05) is 12.5 Å². The third-order valence-electron chi connectivity index (χ3n) is 6.21. The Hall–Kier alpha value is -1.35. The molecule has 1 aromatic rings. The number of unbranched alkanes of at least 4 members (excludes halogenated alkanes) is 11. The van der Waals surface area contributed by atoms with Crippen molar-refractivity contribution in [3.63, 3.8) is 0 Å². The molecule has 0 amide bonds. The molecule has 30 heavy (non-hydrogen) atoms. The summed E-state index contributed by atoms with van der Waals surface area (Å²) in [5.74, 6) is -0.681. The smallest absolute Gasteiger partial charge is 0.303 e. The maximum Gasteiger partial charge on any atom is 0.303 e. The van der Waals surface area contributed by atoms with Gasteiger partial charge in [-0.05, 0) is 50.9 Å². The molecular weight excluding hydrogens is 370 g/mol. The number of carbonyl (C=O) groups is 1. The second kappa shape index (κ2) is 17.3. The molecule has 1 N–H and O–H groups in total. The van der Waals surface area contributed by atoms with Gasteiger partial charge in [0.1, 0.15) is 0 Å². The zero-order valence-corrected chi connectivity index (χ0v) is 20.0. The Morgan fingerprint density at radius 3 is 2.00 bits per heavy atom. The van der Waals surface area contributed by atoms with E-state index in [-0.39, 0.29) is 0 Å². The van der Waals surface area contributed by atoms with Gasteiger partial charge in [-0.3, -0.25) is 4.79 Å². The molecular formula is C27H47NO2. The maximum atomic E-state index is 10.7. The second-order valence-electron chi connectivity index (χ2n) is 9.10. The van der Waals surface area contributed by atoms with Gasteiger partial charge in [-0.25, -0.2) is 0 Å². The van der Waals surface area contributed by atoms with E-state index in [4.69, 9.17) is 5.11 Å². The minimum Gasteiger partial charge on any atom is -0.481 e. The summed E-state index contributed by atoms with van der Waals surface area (Å²) in [7, 11) is 4.40. The summed E-state index contributed by atoms with van der Waals surface area (Å²) < 4.78 is 0. The number of hydrogen-bond acceptors (Lipinski definition) is 2. The average Bonchev–Trinajstić information content (AvgIpc) is 2.72. The summed E-state index contributed by atoms with van der Waals surface area (Å²) in [6.07, 6.45) is 19.2. The van der Waals surface area contributed by atoms with Crippen molar-refractivity contribution >= 4 is 5.97 Å². The van der Waals surface area contributed by atoms with Gasteiger partial charge in [-0.15, -0.1) is 0 Å². The van der Waals surface area contributed by atoms with Crippen LogP contribution in [-0.2, 0) is 11.2 Å². The van der Waals surface area contributed by atoms with Crippen molar-refractivity contribution < 1.29 is 9.90 Å². The summed E-state index contributed by atoms with van der Waals surface area (Å²) in [4.78, 5) is 13.1. The number of rotatable bonds is 19. The van der Waals surface area contributed by atoms with Gasteiger partial charge in [0.05, 0.1) is 0 Å². The van der Waals surface area contributed by atoms with Crippen LogP contribution in [0, 0.1) is 0 Å². The zero-order valence-electron chi connectivity index (χ0n) is 20.0. The van der Waals surface area contributed by atoms with Crippen molar-refractivity contribution in [3.8, 4) is 0 Å². The van der Waals surface area contributed by atoms with E-state index in [1.165, 1.54) is 81.8 Å². The Kier molecular flexibility index (Phi) is 15.4. The number of carboxylic acid groups (broad SMARTS) is 1. The van der Waals surface area contributed by atoms with E-state index in [1.807, 2.05) is 0 Å². The number of benzene rings is 1. The highest BCUT2D eigenvalue weighted by atomic mass is 16.4. The van der Waals surface area contributed by atoms with Crippen LogP contribution < -0.4 is 0 Å². The lowest BCUT2D eigenvalue weighted by atomic mass is 9.92. The molecule has 0 bridgehead atoms. The first kappa shape index (κ1) is 26.7. The largest absolute Gasteiger partial charge is 0.481 e. The van der Waals surface area contributed by atoms with Crippen molar-refractivity contribution in [1.29, 1.82) is 0 Å². The Morgan fingerprint density at radius 2 is 1.40 bits per heavy atom. The number of aryl methyl sites for hydroxylation is 1. The van der Waals surface area contributed by atoms with Gasteiger partial charge in [-0.1, -0.05) is 102 Å². The van der Waals surface area contributed by atoms with Gasteiger partial charge in [0.15, 0.2) is 0 Å². The standard InChI is InChI=1S/C27H47NO2/c1-4-5-6-7-8-9-10-11-12-15-22-26(28(2)3)25-21-18-17-20-24(25)19-14-13-16-23-27(29)30/h17-18,20-21,26H,4-16,19,22-23H2,1-3H3,(H,29,30). The summed E-state index contributed by atoms with van der Waals surface area (Å²) in [5.41, 5.74) is 2.91. The molecule has 0 aliphatic rings. The molecule has 3 heteroatoms. The predicted octanol–water partition coefficient (Wildman–Crippen LogP) is 7.79. The van der Waals surface area contributed by atoms with Crippen LogP contribution in [0.2, 0.25) is 0 Å². The van der Waals surface area contributed by atoms with E-state index in [2.05, 4.69) is 50.2 Å². The van der Waals surface area contributed by atoms with Crippen molar-refractivity contribution in [2.75, 3.05) is 14.1 Å². The Labute approximate surface area is 186 Å². The summed E-state index contributed by atoms with van der Waals surface area (Å²) in [5, 5.41) is 8.80. The molecule has 0 aliphatic carbocycles. The van der Waals surface area contributed by atoms with Crippen LogP contribution in [0.15, 0.2) is 24.3 Å². The molecule has 1 rings (SSSR count). The number of nitrogens with zero attached hydrogens (tertiary/aromatic N) is 1. The van der Waals surface area contributed by atoms with Crippen molar-refractivity contribution in [2.24, 2.45) is 0 Å². The first-order valence-electron chi connectivity index (χ1n) is 12.5. The van der Waals surface area contributed by atoms with E-state index in [1.54, 1.807) is 0 Å². The molecule has 0 aliphatic heterocycles. The lowest BCUT2D eigenvalue weighted by molar-refractivity contribution is -0.137. The van der Waals surface area contributed by atoms with Crippen LogP contribution in [0.3, 0.4) is 0 Å². The van der Waals surface area contributed by atoms with Crippen LogP contribution in [0.25, 0.3) is 0 Å². The lowest BCUT2D eigenvalue weighted by Gasteiger charge is -2.27. The van der Waals surface area contributed by atoms with Gasteiger partial charge >= 0.3 is 5.97 Å². The summed E-state index contributed by atoms with van der Waals surface area (Å²) in [6, 6.07) is 9.35.